The van der Waals surface area contributed by atoms with Gasteiger partial charge >= 0.3 is 5.97 Å². The summed E-state index contributed by atoms with van der Waals surface area (Å²) in [7, 11) is 2.74. The maximum atomic E-state index is 11.1. The number of carbonyl (C=O) groups is 2. The lowest BCUT2D eigenvalue weighted by Gasteiger charge is -1.97. The maximum Gasteiger partial charge on any atom is 0.381 e. The summed E-state index contributed by atoms with van der Waals surface area (Å²) in [5.41, 5.74) is 0.224. The van der Waals surface area contributed by atoms with E-state index in [2.05, 4.69) is 9.84 Å². The summed E-state index contributed by atoms with van der Waals surface area (Å²) in [4.78, 5) is 21.9. The molecule has 12 heavy (non-hydrogen) atoms. The third-order valence-electron chi connectivity index (χ3n) is 1.42. The minimum absolute atomic E-state index is 0.224. The molecule has 0 aliphatic rings. The summed E-state index contributed by atoms with van der Waals surface area (Å²) in [6.45, 7) is 0. The Morgan fingerprint density at radius 1 is 1.58 bits per heavy atom. The summed E-state index contributed by atoms with van der Waals surface area (Å²) in [5, 5.41) is 3.74. The van der Waals surface area contributed by atoms with E-state index in [1.807, 2.05) is 0 Å². The molecular formula is C7H8N2O3. The van der Waals surface area contributed by atoms with Gasteiger partial charge in [0.2, 0.25) is 0 Å². The van der Waals surface area contributed by atoms with E-state index in [1.165, 1.54) is 16.9 Å². The second-order valence-corrected chi connectivity index (χ2v) is 2.16. The third-order valence-corrected chi connectivity index (χ3v) is 1.42. The van der Waals surface area contributed by atoms with Crippen LogP contribution in [-0.4, -0.2) is 28.6 Å². The highest BCUT2D eigenvalue weighted by atomic mass is 16.5. The van der Waals surface area contributed by atoms with Gasteiger partial charge < -0.3 is 4.74 Å². The highest BCUT2D eigenvalue weighted by Gasteiger charge is 2.19. The molecule has 0 saturated carbocycles. The first-order valence-electron chi connectivity index (χ1n) is 3.27. The van der Waals surface area contributed by atoms with Crippen molar-refractivity contribution in [3.63, 3.8) is 0 Å². The van der Waals surface area contributed by atoms with Gasteiger partial charge in [-0.2, -0.15) is 5.10 Å². The van der Waals surface area contributed by atoms with Crippen molar-refractivity contribution in [2.45, 2.75) is 0 Å². The van der Waals surface area contributed by atoms with Crippen LogP contribution in [0.1, 0.15) is 10.5 Å². The molecule has 0 atom stereocenters. The van der Waals surface area contributed by atoms with E-state index in [4.69, 9.17) is 0 Å². The SMILES string of the molecule is COC(=O)C(=O)c1ccnn1C. The van der Waals surface area contributed by atoms with Gasteiger partial charge in [0.25, 0.3) is 5.78 Å². The summed E-state index contributed by atoms with van der Waals surface area (Å²) >= 11 is 0. The molecule has 1 rings (SSSR count). The van der Waals surface area contributed by atoms with Crippen molar-refractivity contribution < 1.29 is 14.3 Å². The van der Waals surface area contributed by atoms with Crippen molar-refractivity contribution in [3.05, 3.63) is 18.0 Å². The van der Waals surface area contributed by atoms with Crippen LogP contribution in [-0.2, 0) is 16.6 Å². The number of carbonyl (C=O) groups excluding carboxylic acids is 2. The monoisotopic (exact) mass is 168 g/mol. The Morgan fingerprint density at radius 3 is 2.67 bits per heavy atom. The van der Waals surface area contributed by atoms with Crippen LogP contribution in [0.4, 0.5) is 0 Å². The van der Waals surface area contributed by atoms with E-state index in [0.717, 1.165) is 7.11 Å². The number of ether oxygens (including phenoxy) is 1. The second kappa shape index (κ2) is 3.17. The molecular weight excluding hydrogens is 160 g/mol. The molecule has 5 nitrogen and oxygen atoms in total. The Bertz CT molecular complexity index is 316. The molecule has 1 aromatic heterocycles. The largest absolute Gasteiger partial charge is 0.463 e. The Morgan fingerprint density at radius 2 is 2.25 bits per heavy atom. The van der Waals surface area contributed by atoms with Gasteiger partial charge in [0.05, 0.1) is 7.11 Å². The molecule has 0 aliphatic heterocycles. The number of methoxy groups -OCH3 is 1. The van der Waals surface area contributed by atoms with Crippen LogP contribution in [0.2, 0.25) is 0 Å². The number of rotatable bonds is 2. The van der Waals surface area contributed by atoms with Crippen molar-refractivity contribution in [1.82, 2.24) is 9.78 Å². The predicted molar refractivity (Wildman–Crippen MR) is 39.6 cm³/mol. The van der Waals surface area contributed by atoms with Gasteiger partial charge in [-0.15, -0.1) is 0 Å². The van der Waals surface area contributed by atoms with Crippen LogP contribution in [0.25, 0.3) is 0 Å². The first kappa shape index (κ1) is 8.45. The average molecular weight is 168 g/mol. The van der Waals surface area contributed by atoms with Gasteiger partial charge in [0.1, 0.15) is 5.69 Å². The van der Waals surface area contributed by atoms with E-state index < -0.39 is 11.8 Å². The standard InChI is InChI=1S/C7H8N2O3/c1-9-5(3-4-8-9)6(10)7(11)12-2/h3-4H,1-2H3. The lowest BCUT2D eigenvalue weighted by molar-refractivity contribution is -0.135. The van der Waals surface area contributed by atoms with Crippen molar-refractivity contribution in [2.75, 3.05) is 7.11 Å². The number of aryl methyl sites for hydroxylation is 1. The molecule has 0 aliphatic carbocycles. The molecule has 1 aromatic rings. The normalized spacial score (nSPS) is 9.50. The molecule has 0 fully saturated rings. The van der Waals surface area contributed by atoms with Gasteiger partial charge in [0, 0.05) is 13.2 Å². The summed E-state index contributed by atoms with van der Waals surface area (Å²) in [6, 6.07) is 1.46. The second-order valence-electron chi connectivity index (χ2n) is 2.16. The van der Waals surface area contributed by atoms with Crippen molar-refractivity contribution in [2.24, 2.45) is 7.05 Å². The molecule has 1 heterocycles. The topological polar surface area (TPSA) is 61.2 Å². The third kappa shape index (κ3) is 1.34. The van der Waals surface area contributed by atoms with Crippen LogP contribution in [0.3, 0.4) is 0 Å². The molecule has 0 spiro atoms. The number of ketones is 1. The lowest BCUT2D eigenvalue weighted by atomic mass is 10.3. The van der Waals surface area contributed by atoms with Crippen molar-refractivity contribution in [3.8, 4) is 0 Å². The van der Waals surface area contributed by atoms with E-state index >= 15 is 0 Å². The van der Waals surface area contributed by atoms with Crippen LogP contribution in [0.15, 0.2) is 12.3 Å². The Balaban J connectivity index is 2.93. The smallest absolute Gasteiger partial charge is 0.381 e. The summed E-state index contributed by atoms with van der Waals surface area (Å²) in [6.07, 6.45) is 1.44. The van der Waals surface area contributed by atoms with Crippen molar-refractivity contribution in [1.29, 1.82) is 0 Å². The number of Topliss-reactive ketones (excluding diaryl/α,β-unsaturated/α-hetero) is 1. The molecule has 0 aromatic carbocycles. The highest BCUT2D eigenvalue weighted by Crippen LogP contribution is 1.98. The van der Waals surface area contributed by atoms with Gasteiger partial charge in [-0.3, -0.25) is 9.48 Å². The molecule has 5 heteroatoms. The van der Waals surface area contributed by atoms with Gasteiger partial charge in [0.15, 0.2) is 0 Å². The zero-order chi connectivity index (χ0) is 9.14. The van der Waals surface area contributed by atoms with Crippen LogP contribution >= 0.6 is 0 Å². The van der Waals surface area contributed by atoms with E-state index in [1.54, 1.807) is 7.05 Å². The molecule has 0 radical (unpaired) electrons. The molecule has 64 valence electrons. The van der Waals surface area contributed by atoms with Crippen molar-refractivity contribution >= 4 is 11.8 Å². The lowest BCUT2D eigenvalue weighted by Crippen LogP contribution is -2.18. The van der Waals surface area contributed by atoms with E-state index in [-0.39, 0.29) is 5.69 Å². The predicted octanol–water partition coefficient (Wildman–Crippen LogP) is -0.224. The quantitative estimate of drug-likeness (QED) is 0.348. The van der Waals surface area contributed by atoms with Crippen LogP contribution in [0.5, 0.6) is 0 Å². The minimum Gasteiger partial charge on any atom is -0.463 e. The Hall–Kier alpha value is -1.65. The summed E-state index contributed by atoms with van der Waals surface area (Å²) < 4.78 is 5.58. The zero-order valence-electron chi connectivity index (χ0n) is 6.77. The molecule has 0 N–H and O–H groups in total. The Kier molecular flexibility index (Phi) is 2.23. The molecule has 0 bridgehead atoms. The fraction of sp³-hybridized carbons (Fsp3) is 0.286. The minimum atomic E-state index is -0.876. The number of esters is 1. The molecule has 0 unspecified atom stereocenters. The maximum absolute atomic E-state index is 11.1. The molecule has 0 saturated heterocycles. The first-order chi connectivity index (χ1) is 5.66. The fourth-order valence-corrected chi connectivity index (χ4v) is 0.794. The number of aromatic nitrogens is 2. The van der Waals surface area contributed by atoms with Crippen LogP contribution in [0, 0.1) is 0 Å². The number of nitrogens with zero attached hydrogens (tertiary/aromatic N) is 2. The van der Waals surface area contributed by atoms with Gasteiger partial charge in [-0.25, -0.2) is 4.79 Å². The van der Waals surface area contributed by atoms with E-state index in [0.29, 0.717) is 0 Å². The average Bonchev–Trinajstić information content (AvgIpc) is 2.48. The molecule has 0 amide bonds. The van der Waals surface area contributed by atoms with Crippen LogP contribution < -0.4 is 0 Å². The van der Waals surface area contributed by atoms with Gasteiger partial charge in [-0.05, 0) is 6.07 Å². The van der Waals surface area contributed by atoms with Gasteiger partial charge in [-0.1, -0.05) is 0 Å². The van der Waals surface area contributed by atoms with E-state index in [9.17, 15) is 9.59 Å². The highest BCUT2D eigenvalue weighted by molar-refractivity contribution is 6.40. The first-order valence-corrected chi connectivity index (χ1v) is 3.27. The number of hydrogen-bond acceptors (Lipinski definition) is 4. The fourth-order valence-electron chi connectivity index (χ4n) is 0.794. The summed E-state index contributed by atoms with van der Waals surface area (Å²) in [5.74, 6) is -1.56. The zero-order valence-corrected chi connectivity index (χ0v) is 6.77. The number of hydrogen-bond donors (Lipinski definition) is 0. The Labute approximate surface area is 68.9 Å².